The number of nitrogen functional groups attached to an aromatic ring is 1. The van der Waals surface area contributed by atoms with Crippen LogP contribution >= 0.6 is 27.3 Å². The molecule has 0 fully saturated rings. The topological polar surface area (TPSA) is 61.0 Å². The molecule has 4 nitrogen and oxygen atoms in total. The Kier molecular flexibility index (Phi) is 3.40. The fourth-order valence-electron chi connectivity index (χ4n) is 1.20. The Morgan fingerprint density at radius 1 is 1.50 bits per heavy atom. The molecule has 0 aromatic carbocycles. The first kappa shape index (κ1) is 11.3. The Morgan fingerprint density at radius 3 is 3.00 bits per heavy atom. The summed E-state index contributed by atoms with van der Waals surface area (Å²) in [5, 5.41) is 2.83. The van der Waals surface area contributed by atoms with Gasteiger partial charge in [-0.05, 0) is 28.9 Å². The smallest absolute Gasteiger partial charge is 0.166 e. The van der Waals surface area contributed by atoms with Gasteiger partial charge in [0.1, 0.15) is 11.1 Å². The van der Waals surface area contributed by atoms with Crippen molar-refractivity contribution in [3.63, 3.8) is 0 Å². The fraction of sp³-hybridized carbons (Fsp3) is 0.200. The second kappa shape index (κ2) is 4.80. The normalized spacial score (nSPS) is 12.4. The van der Waals surface area contributed by atoms with Crippen molar-refractivity contribution < 1.29 is 4.74 Å². The molecule has 2 rings (SSSR count). The molecular weight excluding hydrogens is 290 g/mol. The van der Waals surface area contributed by atoms with Gasteiger partial charge >= 0.3 is 0 Å². The first-order valence-electron chi connectivity index (χ1n) is 4.64. The predicted octanol–water partition coefficient (Wildman–Crippen LogP) is 3.02. The number of rotatable bonds is 3. The maximum atomic E-state index is 5.72. The van der Waals surface area contributed by atoms with Crippen LogP contribution in [0.5, 0.6) is 5.75 Å². The van der Waals surface area contributed by atoms with Gasteiger partial charge in [-0.15, -0.1) is 11.3 Å². The maximum absolute atomic E-state index is 5.72. The maximum Gasteiger partial charge on any atom is 0.166 e. The van der Waals surface area contributed by atoms with Crippen LogP contribution in [-0.2, 0) is 0 Å². The number of nitrogens with zero attached hydrogens (tertiary/aromatic N) is 2. The lowest BCUT2D eigenvalue weighted by molar-refractivity contribution is 0.227. The summed E-state index contributed by atoms with van der Waals surface area (Å²) in [6, 6.07) is 1.80. The zero-order chi connectivity index (χ0) is 11.5. The summed E-state index contributed by atoms with van der Waals surface area (Å²) in [4.78, 5) is 8.19. The number of ether oxygens (including phenoxy) is 1. The van der Waals surface area contributed by atoms with Crippen LogP contribution in [0.4, 0.5) is 5.82 Å². The summed E-state index contributed by atoms with van der Waals surface area (Å²) in [7, 11) is 0. The third-order valence-corrected chi connectivity index (χ3v) is 3.32. The van der Waals surface area contributed by atoms with E-state index in [0.29, 0.717) is 11.6 Å². The lowest BCUT2D eigenvalue weighted by Crippen LogP contribution is -2.05. The van der Waals surface area contributed by atoms with Gasteiger partial charge in [-0.25, -0.2) is 9.97 Å². The van der Waals surface area contributed by atoms with Crippen molar-refractivity contribution in [3.8, 4) is 5.75 Å². The molecule has 0 aliphatic carbocycles. The van der Waals surface area contributed by atoms with E-state index in [4.69, 9.17) is 10.5 Å². The molecule has 2 aromatic rings. The number of halogens is 1. The van der Waals surface area contributed by atoms with Gasteiger partial charge in [0.05, 0.1) is 0 Å². The second-order valence-corrected chi connectivity index (χ2v) is 5.01. The zero-order valence-electron chi connectivity index (χ0n) is 8.55. The van der Waals surface area contributed by atoms with Crippen molar-refractivity contribution in [3.05, 3.63) is 33.3 Å². The molecule has 0 aliphatic rings. The molecular formula is C10H10BrN3OS. The van der Waals surface area contributed by atoms with Gasteiger partial charge in [-0.1, -0.05) is 0 Å². The average molecular weight is 300 g/mol. The van der Waals surface area contributed by atoms with Crippen LogP contribution in [0.1, 0.15) is 18.0 Å². The number of aromatic nitrogens is 2. The van der Waals surface area contributed by atoms with Crippen LogP contribution in [0.25, 0.3) is 0 Å². The van der Waals surface area contributed by atoms with E-state index < -0.39 is 0 Å². The number of nitrogens with two attached hydrogens (primary N) is 1. The predicted molar refractivity (Wildman–Crippen MR) is 67.5 cm³/mol. The molecule has 0 radical (unpaired) electrons. The monoisotopic (exact) mass is 299 g/mol. The van der Waals surface area contributed by atoms with E-state index in [1.54, 1.807) is 29.8 Å². The van der Waals surface area contributed by atoms with Crippen molar-refractivity contribution in [2.24, 2.45) is 0 Å². The third kappa shape index (κ3) is 2.51. The van der Waals surface area contributed by atoms with Gasteiger partial charge < -0.3 is 10.5 Å². The minimum absolute atomic E-state index is 0.126. The largest absolute Gasteiger partial charge is 0.480 e. The molecule has 1 atom stereocenters. The van der Waals surface area contributed by atoms with Gasteiger partial charge in [-0.2, -0.15) is 0 Å². The van der Waals surface area contributed by atoms with E-state index in [0.717, 1.165) is 9.48 Å². The molecule has 6 heteroatoms. The molecule has 0 saturated carbocycles. The van der Waals surface area contributed by atoms with E-state index in [2.05, 4.69) is 25.9 Å². The lowest BCUT2D eigenvalue weighted by Gasteiger charge is -2.13. The van der Waals surface area contributed by atoms with Crippen LogP contribution in [0, 0.1) is 0 Å². The summed E-state index contributed by atoms with van der Waals surface area (Å²) in [5.41, 5.74) is 5.72. The molecule has 1 unspecified atom stereocenters. The Bertz CT molecular complexity index is 475. The standard InChI is InChI=1S/C10H10BrN3OS/c1-6(10-13-2-3-16-10)15-8-4-7(11)5-14-9(8)12/h2-6H,1H3,(H2,12,14). The van der Waals surface area contributed by atoms with Crippen LogP contribution in [0.15, 0.2) is 28.3 Å². The molecule has 84 valence electrons. The number of pyridine rings is 1. The summed E-state index contributed by atoms with van der Waals surface area (Å²) in [6.07, 6.45) is 3.26. The zero-order valence-corrected chi connectivity index (χ0v) is 11.0. The summed E-state index contributed by atoms with van der Waals surface area (Å²) < 4.78 is 6.54. The summed E-state index contributed by atoms with van der Waals surface area (Å²) in [6.45, 7) is 1.93. The quantitative estimate of drug-likeness (QED) is 0.946. The molecule has 0 spiro atoms. The van der Waals surface area contributed by atoms with E-state index >= 15 is 0 Å². The van der Waals surface area contributed by atoms with E-state index in [-0.39, 0.29) is 6.10 Å². The number of hydrogen-bond acceptors (Lipinski definition) is 5. The molecule has 0 amide bonds. The minimum atomic E-state index is -0.126. The van der Waals surface area contributed by atoms with E-state index in [1.807, 2.05) is 12.3 Å². The number of anilines is 1. The van der Waals surface area contributed by atoms with Crippen molar-refractivity contribution in [1.29, 1.82) is 0 Å². The first-order chi connectivity index (χ1) is 7.66. The van der Waals surface area contributed by atoms with Crippen LogP contribution in [0.3, 0.4) is 0 Å². The van der Waals surface area contributed by atoms with Crippen LogP contribution < -0.4 is 10.5 Å². The molecule has 2 N–H and O–H groups in total. The Labute approximate surface area is 106 Å². The lowest BCUT2D eigenvalue weighted by atomic mass is 10.4. The molecule has 2 heterocycles. The number of hydrogen-bond donors (Lipinski definition) is 1. The van der Waals surface area contributed by atoms with Gasteiger partial charge in [0.15, 0.2) is 11.6 Å². The van der Waals surface area contributed by atoms with Gasteiger partial charge in [-0.3, -0.25) is 0 Å². The highest BCUT2D eigenvalue weighted by molar-refractivity contribution is 9.10. The Morgan fingerprint density at radius 2 is 2.31 bits per heavy atom. The number of thiazole rings is 1. The SMILES string of the molecule is CC(Oc1cc(Br)cnc1N)c1nccs1. The Hall–Kier alpha value is -1.14. The molecule has 16 heavy (non-hydrogen) atoms. The van der Waals surface area contributed by atoms with Gasteiger partial charge in [0, 0.05) is 22.2 Å². The van der Waals surface area contributed by atoms with Crippen molar-refractivity contribution in [1.82, 2.24) is 9.97 Å². The molecule has 0 bridgehead atoms. The van der Waals surface area contributed by atoms with E-state index in [1.165, 1.54) is 0 Å². The van der Waals surface area contributed by atoms with Crippen molar-refractivity contribution >= 4 is 33.1 Å². The highest BCUT2D eigenvalue weighted by Gasteiger charge is 2.12. The highest BCUT2D eigenvalue weighted by atomic mass is 79.9. The summed E-state index contributed by atoms with van der Waals surface area (Å²) >= 11 is 4.88. The van der Waals surface area contributed by atoms with Gasteiger partial charge in [0.2, 0.25) is 0 Å². The minimum Gasteiger partial charge on any atom is -0.480 e. The second-order valence-electron chi connectivity index (χ2n) is 3.17. The van der Waals surface area contributed by atoms with Crippen LogP contribution in [0.2, 0.25) is 0 Å². The molecule has 2 aromatic heterocycles. The summed E-state index contributed by atoms with van der Waals surface area (Å²) in [5.74, 6) is 0.948. The van der Waals surface area contributed by atoms with E-state index in [9.17, 15) is 0 Å². The molecule has 0 aliphatic heterocycles. The molecule has 0 saturated heterocycles. The fourth-order valence-corrected chi connectivity index (χ4v) is 2.13. The van der Waals surface area contributed by atoms with Crippen molar-refractivity contribution in [2.75, 3.05) is 5.73 Å². The highest BCUT2D eigenvalue weighted by Crippen LogP contribution is 2.28. The average Bonchev–Trinajstić information content (AvgIpc) is 2.76. The van der Waals surface area contributed by atoms with Crippen molar-refractivity contribution in [2.45, 2.75) is 13.0 Å². The van der Waals surface area contributed by atoms with Crippen LogP contribution in [-0.4, -0.2) is 9.97 Å². The third-order valence-electron chi connectivity index (χ3n) is 1.95. The van der Waals surface area contributed by atoms with Gasteiger partial charge in [0.25, 0.3) is 0 Å². The first-order valence-corrected chi connectivity index (χ1v) is 6.31. The Balaban J connectivity index is 2.17.